The molecule has 3 rings (SSSR count). The smallest absolute Gasteiger partial charge is 0.251 e. The van der Waals surface area contributed by atoms with Crippen LogP contribution in [0.25, 0.3) is 5.82 Å². The van der Waals surface area contributed by atoms with Gasteiger partial charge < -0.3 is 5.32 Å². The Labute approximate surface area is 133 Å². The van der Waals surface area contributed by atoms with Crippen LogP contribution in [0.15, 0.2) is 37.2 Å². The van der Waals surface area contributed by atoms with E-state index < -0.39 is 0 Å². The topological polar surface area (TPSA) is 90.5 Å². The van der Waals surface area contributed by atoms with Gasteiger partial charge in [0.2, 0.25) is 0 Å². The normalized spacial score (nSPS) is 12.1. The van der Waals surface area contributed by atoms with Crippen LogP contribution in [0.5, 0.6) is 0 Å². The predicted octanol–water partition coefficient (Wildman–Crippen LogP) is 1.20. The number of hydrogen-bond donors (Lipinski definition) is 1. The maximum absolute atomic E-state index is 12.5. The summed E-state index contributed by atoms with van der Waals surface area (Å²) in [5.74, 6) is 0.366. The summed E-state index contributed by atoms with van der Waals surface area (Å²) in [6.07, 6.45) is 6.30. The van der Waals surface area contributed by atoms with Crippen molar-refractivity contribution in [1.29, 1.82) is 0 Å². The number of amides is 1. The standard InChI is InChI=1S/C15H17N7O/c1-10(13-7-18-21(3)11(13)2)20-15(23)12-4-5-17-14(6-12)22-9-16-8-19-22/h4-10H,1-3H3,(H,20,23)/t10-/m0/s1. The van der Waals surface area contributed by atoms with Crippen LogP contribution in [0.4, 0.5) is 0 Å². The fourth-order valence-electron chi connectivity index (χ4n) is 2.31. The predicted molar refractivity (Wildman–Crippen MR) is 83.0 cm³/mol. The monoisotopic (exact) mass is 311 g/mol. The maximum atomic E-state index is 12.5. The second kappa shape index (κ2) is 5.99. The molecule has 1 N–H and O–H groups in total. The Morgan fingerprint density at radius 2 is 2.17 bits per heavy atom. The van der Waals surface area contributed by atoms with Gasteiger partial charge in [0.25, 0.3) is 5.91 Å². The summed E-state index contributed by atoms with van der Waals surface area (Å²) in [7, 11) is 1.88. The lowest BCUT2D eigenvalue weighted by atomic mass is 10.1. The van der Waals surface area contributed by atoms with E-state index >= 15 is 0 Å². The highest BCUT2D eigenvalue weighted by Gasteiger charge is 2.16. The molecule has 118 valence electrons. The molecule has 23 heavy (non-hydrogen) atoms. The van der Waals surface area contributed by atoms with Crippen LogP contribution in [0.2, 0.25) is 0 Å². The third-order valence-electron chi connectivity index (χ3n) is 3.75. The number of nitrogens with zero attached hydrogens (tertiary/aromatic N) is 6. The van der Waals surface area contributed by atoms with Gasteiger partial charge in [-0.1, -0.05) is 0 Å². The van der Waals surface area contributed by atoms with Gasteiger partial charge in [-0.2, -0.15) is 10.2 Å². The average molecular weight is 311 g/mol. The first-order chi connectivity index (χ1) is 11.1. The van der Waals surface area contributed by atoms with Crippen LogP contribution in [0.3, 0.4) is 0 Å². The fraction of sp³-hybridized carbons (Fsp3) is 0.267. The molecule has 1 atom stereocenters. The summed E-state index contributed by atoms with van der Waals surface area (Å²) in [5, 5.41) is 11.2. The lowest BCUT2D eigenvalue weighted by Crippen LogP contribution is -2.27. The first kappa shape index (κ1) is 14.9. The number of rotatable bonds is 4. The molecule has 1 amide bonds. The molecule has 0 radical (unpaired) electrons. The summed E-state index contributed by atoms with van der Waals surface area (Å²) in [6, 6.07) is 3.20. The molecule has 8 nitrogen and oxygen atoms in total. The molecule has 0 fully saturated rings. The minimum atomic E-state index is -0.176. The van der Waals surface area contributed by atoms with E-state index in [1.807, 2.05) is 20.9 Å². The summed E-state index contributed by atoms with van der Waals surface area (Å²) >= 11 is 0. The highest BCUT2D eigenvalue weighted by atomic mass is 16.1. The van der Waals surface area contributed by atoms with E-state index in [1.54, 1.807) is 29.2 Å². The van der Waals surface area contributed by atoms with Crippen molar-refractivity contribution in [2.45, 2.75) is 19.9 Å². The number of carbonyl (C=O) groups excluding carboxylic acids is 1. The molecule has 0 saturated heterocycles. The lowest BCUT2D eigenvalue weighted by molar-refractivity contribution is 0.0939. The van der Waals surface area contributed by atoms with Gasteiger partial charge >= 0.3 is 0 Å². The van der Waals surface area contributed by atoms with Crippen LogP contribution in [-0.2, 0) is 7.05 Å². The average Bonchev–Trinajstić information content (AvgIpc) is 3.19. The number of carbonyl (C=O) groups is 1. The third kappa shape index (κ3) is 2.96. The molecule has 0 unspecified atom stereocenters. The Hall–Kier alpha value is -3.03. The molecule has 0 bridgehead atoms. The Balaban J connectivity index is 1.78. The van der Waals surface area contributed by atoms with Crippen molar-refractivity contribution in [2.75, 3.05) is 0 Å². The zero-order chi connectivity index (χ0) is 16.4. The molecule has 0 aliphatic heterocycles. The highest BCUT2D eigenvalue weighted by Crippen LogP contribution is 2.17. The first-order valence-corrected chi connectivity index (χ1v) is 7.16. The number of aromatic nitrogens is 6. The minimum absolute atomic E-state index is 0.140. The summed E-state index contributed by atoms with van der Waals surface area (Å²) in [5.41, 5.74) is 2.53. The largest absolute Gasteiger partial charge is 0.345 e. The number of aryl methyl sites for hydroxylation is 1. The second-order valence-corrected chi connectivity index (χ2v) is 5.25. The van der Waals surface area contributed by atoms with Crippen LogP contribution in [0, 0.1) is 6.92 Å². The summed E-state index contributed by atoms with van der Waals surface area (Å²) in [4.78, 5) is 20.5. The zero-order valence-electron chi connectivity index (χ0n) is 13.1. The SMILES string of the molecule is Cc1c([C@H](C)NC(=O)c2ccnc(-n3cncn3)c2)cnn1C. The van der Waals surface area contributed by atoms with E-state index in [2.05, 4.69) is 25.5 Å². The van der Waals surface area contributed by atoms with Crippen LogP contribution < -0.4 is 5.32 Å². The van der Waals surface area contributed by atoms with Crippen molar-refractivity contribution in [1.82, 2.24) is 34.8 Å². The molecular weight excluding hydrogens is 294 g/mol. The Bertz CT molecular complexity index is 822. The van der Waals surface area contributed by atoms with Crippen molar-refractivity contribution in [2.24, 2.45) is 7.05 Å². The highest BCUT2D eigenvalue weighted by molar-refractivity contribution is 5.94. The molecule has 0 aromatic carbocycles. The van der Waals surface area contributed by atoms with Gasteiger partial charge in [-0.05, 0) is 26.0 Å². The maximum Gasteiger partial charge on any atom is 0.251 e. The van der Waals surface area contributed by atoms with E-state index in [0.29, 0.717) is 11.4 Å². The van der Waals surface area contributed by atoms with Crippen LogP contribution in [-0.4, -0.2) is 35.4 Å². The van der Waals surface area contributed by atoms with Crippen molar-refractivity contribution in [3.8, 4) is 5.82 Å². The lowest BCUT2D eigenvalue weighted by Gasteiger charge is -2.14. The Kier molecular flexibility index (Phi) is 3.88. The number of pyridine rings is 1. The molecular formula is C15H17N7O. The zero-order valence-corrected chi connectivity index (χ0v) is 13.1. The van der Waals surface area contributed by atoms with E-state index in [1.165, 1.54) is 17.3 Å². The Morgan fingerprint density at radius 3 is 2.83 bits per heavy atom. The van der Waals surface area contributed by atoms with Gasteiger partial charge in [0, 0.05) is 30.1 Å². The van der Waals surface area contributed by atoms with Crippen LogP contribution in [0.1, 0.15) is 34.6 Å². The van der Waals surface area contributed by atoms with Crippen molar-refractivity contribution in [3.05, 3.63) is 54.0 Å². The van der Waals surface area contributed by atoms with E-state index in [0.717, 1.165) is 11.3 Å². The van der Waals surface area contributed by atoms with Crippen molar-refractivity contribution in [3.63, 3.8) is 0 Å². The van der Waals surface area contributed by atoms with Gasteiger partial charge in [0.05, 0.1) is 12.2 Å². The van der Waals surface area contributed by atoms with E-state index in [-0.39, 0.29) is 11.9 Å². The molecule has 3 aromatic rings. The molecule has 0 spiro atoms. The third-order valence-corrected chi connectivity index (χ3v) is 3.75. The van der Waals surface area contributed by atoms with Crippen LogP contribution >= 0.6 is 0 Å². The Morgan fingerprint density at radius 1 is 1.35 bits per heavy atom. The molecule has 0 aliphatic carbocycles. The quantitative estimate of drug-likeness (QED) is 0.781. The minimum Gasteiger partial charge on any atom is -0.345 e. The molecule has 3 aromatic heterocycles. The van der Waals surface area contributed by atoms with Gasteiger partial charge in [-0.3, -0.25) is 9.48 Å². The van der Waals surface area contributed by atoms with Gasteiger partial charge in [-0.25, -0.2) is 14.6 Å². The molecule has 3 heterocycles. The van der Waals surface area contributed by atoms with Crippen molar-refractivity contribution >= 4 is 5.91 Å². The van der Waals surface area contributed by atoms with Crippen molar-refractivity contribution < 1.29 is 4.79 Å². The second-order valence-electron chi connectivity index (χ2n) is 5.25. The summed E-state index contributed by atoms with van der Waals surface area (Å²) < 4.78 is 3.29. The number of hydrogen-bond acceptors (Lipinski definition) is 5. The van der Waals surface area contributed by atoms with E-state index in [9.17, 15) is 4.79 Å². The van der Waals surface area contributed by atoms with Gasteiger partial charge in [0.1, 0.15) is 12.7 Å². The molecule has 0 aliphatic rings. The molecule has 0 saturated carbocycles. The van der Waals surface area contributed by atoms with Gasteiger partial charge in [0.15, 0.2) is 5.82 Å². The van der Waals surface area contributed by atoms with Gasteiger partial charge in [-0.15, -0.1) is 0 Å². The fourth-order valence-corrected chi connectivity index (χ4v) is 2.31. The summed E-state index contributed by atoms with van der Waals surface area (Å²) in [6.45, 7) is 3.90. The number of nitrogens with one attached hydrogen (secondary N) is 1. The first-order valence-electron chi connectivity index (χ1n) is 7.16. The molecule has 8 heteroatoms. The van der Waals surface area contributed by atoms with E-state index in [4.69, 9.17) is 0 Å².